The molecule has 0 amide bonds. The van der Waals surface area contributed by atoms with Crippen molar-refractivity contribution in [2.24, 2.45) is 0 Å². The summed E-state index contributed by atoms with van der Waals surface area (Å²) in [6.45, 7) is 0. The van der Waals surface area contributed by atoms with Gasteiger partial charge < -0.3 is 0 Å². The van der Waals surface area contributed by atoms with Crippen LogP contribution >= 0.6 is 27.3 Å². The molecule has 1 heterocycles. The molecule has 1 radical (unpaired) electrons. The summed E-state index contributed by atoms with van der Waals surface area (Å²) in [6.07, 6.45) is 0. The molecule has 0 fully saturated rings. The van der Waals surface area contributed by atoms with Gasteiger partial charge in [-0.3, -0.25) is 0 Å². The number of rotatable bonds is 0. The molecular formula is C4HBrFS. The Labute approximate surface area is 53.1 Å². The van der Waals surface area contributed by atoms with Gasteiger partial charge in [0.25, 0.3) is 0 Å². The van der Waals surface area contributed by atoms with Crippen LogP contribution in [0.1, 0.15) is 0 Å². The topological polar surface area (TPSA) is 0 Å². The Hall–Kier alpha value is 0.110. The average molecular weight is 180 g/mol. The molecule has 1 aromatic heterocycles. The van der Waals surface area contributed by atoms with E-state index >= 15 is 0 Å². The summed E-state index contributed by atoms with van der Waals surface area (Å²) in [7, 11) is 0. The third-order valence-corrected chi connectivity index (χ3v) is 2.00. The predicted octanol–water partition coefficient (Wildman–Crippen LogP) is 2.45. The minimum absolute atomic E-state index is 0.231. The fourth-order valence-corrected chi connectivity index (χ4v) is 1.06. The molecule has 0 saturated carbocycles. The number of hydrogen-bond donors (Lipinski definition) is 0. The van der Waals surface area contributed by atoms with Crippen molar-refractivity contribution < 1.29 is 4.39 Å². The molecule has 0 nitrogen and oxygen atoms in total. The third kappa shape index (κ3) is 1.01. The van der Waals surface area contributed by atoms with Crippen LogP contribution in [0.25, 0.3) is 0 Å². The summed E-state index contributed by atoms with van der Waals surface area (Å²) >= 11 is 4.20. The maximum Gasteiger partial charge on any atom is 0.148 e. The van der Waals surface area contributed by atoms with Gasteiger partial charge in [-0.15, -0.1) is 11.3 Å². The zero-order chi connectivity index (χ0) is 5.28. The first-order valence-corrected chi connectivity index (χ1v) is 3.22. The van der Waals surface area contributed by atoms with Gasteiger partial charge in [-0.1, -0.05) is 0 Å². The first-order valence-electron chi connectivity index (χ1n) is 1.61. The van der Waals surface area contributed by atoms with Crippen LogP contribution in [-0.2, 0) is 0 Å². The molecule has 0 aliphatic heterocycles. The molecule has 1 aromatic rings. The van der Waals surface area contributed by atoms with Gasteiger partial charge in [0.2, 0.25) is 0 Å². The summed E-state index contributed by atoms with van der Waals surface area (Å²) in [5.74, 6) is -0.231. The quantitative estimate of drug-likeness (QED) is 0.575. The highest BCUT2D eigenvalue weighted by Crippen LogP contribution is 2.20. The summed E-state index contributed by atoms with van der Waals surface area (Å²) in [6, 6.07) is 1.30. The summed E-state index contributed by atoms with van der Waals surface area (Å²) in [5, 5.41) is 2.62. The molecule has 0 aliphatic carbocycles. The van der Waals surface area contributed by atoms with Gasteiger partial charge in [-0.05, 0) is 22.0 Å². The van der Waals surface area contributed by atoms with E-state index in [1.165, 1.54) is 17.4 Å². The van der Waals surface area contributed by atoms with Gasteiger partial charge >= 0.3 is 0 Å². The van der Waals surface area contributed by atoms with E-state index in [0.717, 1.165) is 0 Å². The SMILES string of the molecule is Fc1c[c]sc1Br. The largest absolute Gasteiger partial charge is 0.205 e. The van der Waals surface area contributed by atoms with Crippen molar-refractivity contribution >= 4 is 27.3 Å². The van der Waals surface area contributed by atoms with Gasteiger partial charge in [0.05, 0.1) is 0 Å². The van der Waals surface area contributed by atoms with Crippen LogP contribution in [0.2, 0.25) is 0 Å². The van der Waals surface area contributed by atoms with E-state index < -0.39 is 0 Å². The van der Waals surface area contributed by atoms with Gasteiger partial charge in [-0.25, -0.2) is 4.39 Å². The predicted molar refractivity (Wildman–Crippen MR) is 30.8 cm³/mol. The lowest BCUT2D eigenvalue weighted by molar-refractivity contribution is 0.628. The highest BCUT2D eigenvalue weighted by atomic mass is 79.9. The lowest BCUT2D eigenvalue weighted by Gasteiger charge is -1.72. The van der Waals surface area contributed by atoms with Gasteiger partial charge in [0.1, 0.15) is 9.60 Å². The second kappa shape index (κ2) is 1.92. The van der Waals surface area contributed by atoms with Crippen molar-refractivity contribution in [3.05, 3.63) is 21.1 Å². The fraction of sp³-hybridized carbons (Fsp3) is 0. The van der Waals surface area contributed by atoms with E-state index in [1.54, 1.807) is 0 Å². The molecule has 0 unspecified atom stereocenters. The van der Waals surface area contributed by atoms with E-state index in [2.05, 4.69) is 21.3 Å². The van der Waals surface area contributed by atoms with Crippen LogP contribution in [0.15, 0.2) is 9.85 Å². The van der Waals surface area contributed by atoms with Crippen molar-refractivity contribution in [2.45, 2.75) is 0 Å². The first kappa shape index (κ1) is 5.25. The highest BCUT2D eigenvalue weighted by Gasteiger charge is 1.95. The summed E-state index contributed by atoms with van der Waals surface area (Å²) < 4.78 is 12.5. The molecule has 7 heavy (non-hydrogen) atoms. The Morgan fingerprint density at radius 2 is 2.57 bits per heavy atom. The lowest BCUT2D eigenvalue weighted by Crippen LogP contribution is -1.56. The summed E-state index contributed by atoms with van der Waals surface area (Å²) in [4.78, 5) is 0. The van der Waals surface area contributed by atoms with E-state index in [-0.39, 0.29) is 5.82 Å². The Kier molecular flexibility index (Phi) is 1.44. The van der Waals surface area contributed by atoms with E-state index in [4.69, 9.17) is 0 Å². The molecule has 0 aliphatic rings. The number of thiophene rings is 1. The zero-order valence-corrected chi connectivity index (χ0v) is 5.64. The Morgan fingerprint density at radius 3 is 2.71 bits per heavy atom. The summed E-state index contributed by atoms with van der Waals surface area (Å²) in [5.41, 5.74) is 0. The van der Waals surface area contributed by atoms with Crippen LogP contribution in [0, 0.1) is 11.2 Å². The standard InChI is InChI=1S/C4HBrFS/c5-4-3(6)1-2-7-4/h1H. The first-order chi connectivity index (χ1) is 3.30. The maximum atomic E-state index is 12.0. The molecule has 0 N–H and O–H groups in total. The minimum Gasteiger partial charge on any atom is -0.205 e. The van der Waals surface area contributed by atoms with Gasteiger partial charge in [-0.2, -0.15) is 0 Å². The molecule has 3 heteroatoms. The molecule has 0 bridgehead atoms. The second-order valence-corrected chi connectivity index (χ2v) is 3.15. The van der Waals surface area contributed by atoms with Crippen LogP contribution in [-0.4, -0.2) is 0 Å². The second-order valence-electron chi connectivity index (χ2n) is 0.986. The Morgan fingerprint density at radius 1 is 1.86 bits per heavy atom. The van der Waals surface area contributed by atoms with Crippen molar-refractivity contribution in [1.29, 1.82) is 0 Å². The van der Waals surface area contributed by atoms with E-state index in [1.807, 2.05) is 0 Å². The van der Waals surface area contributed by atoms with Crippen molar-refractivity contribution in [1.82, 2.24) is 0 Å². The lowest BCUT2D eigenvalue weighted by atomic mass is 10.6. The number of hydrogen-bond acceptors (Lipinski definition) is 1. The third-order valence-electron chi connectivity index (χ3n) is 0.522. The average Bonchev–Trinajstić information content (AvgIpc) is 1.91. The van der Waals surface area contributed by atoms with Crippen LogP contribution in [0.3, 0.4) is 0 Å². The smallest absolute Gasteiger partial charge is 0.148 e. The molecule has 0 saturated heterocycles. The minimum atomic E-state index is -0.231. The maximum absolute atomic E-state index is 12.0. The van der Waals surface area contributed by atoms with Crippen LogP contribution in [0.4, 0.5) is 4.39 Å². The Balaban J connectivity index is 3.12. The molecule has 0 spiro atoms. The number of halogens is 2. The normalized spacial score (nSPS) is 9.43. The molecular weight excluding hydrogens is 179 g/mol. The highest BCUT2D eigenvalue weighted by molar-refractivity contribution is 9.11. The monoisotopic (exact) mass is 179 g/mol. The van der Waals surface area contributed by atoms with E-state index in [0.29, 0.717) is 3.79 Å². The van der Waals surface area contributed by atoms with Gasteiger partial charge in [0.15, 0.2) is 0 Å². The van der Waals surface area contributed by atoms with Crippen molar-refractivity contribution in [2.75, 3.05) is 0 Å². The van der Waals surface area contributed by atoms with Gasteiger partial charge in [0, 0.05) is 5.38 Å². The van der Waals surface area contributed by atoms with Crippen molar-refractivity contribution in [3.63, 3.8) is 0 Å². The van der Waals surface area contributed by atoms with Crippen molar-refractivity contribution in [3.8, 4) is 0 Å². The molecule has 0 aromatic carbocycles. The molecule has 37 valence electrons. The van der Waals surface area contributed by atoms with E-state index in [9.17, 15) is 4.39 Å². The fourth-order valence-electron chi connectivity index (χ4n) is 0.238. The Bertz CT molecular complexity index is 144. The van der Waals surface area contributed by atoms with Crippen LogP contribution in [0.5, 0.6) is 0 Å². The molecule has 0 atom stereocenters. The van der Waals surface area contributed by atoms with Crippen LogP contribution < -0.4 is 0 Å². The zero-order valence-electron chi connectivity index (χ0n) is 3.24. The molecule has 1 rings (SSSR count).